The molecule has 0 aliphatic heterocycles. The van der Waals surface area contributed by atoms with Crippen molar-refractivity contribution in [1.29, 1.82) is 0 Å². The van der Waals surface area contributed by atoms with E-state index in [0.717, 1.165) is 22.5 Å². The summed E-state index contributed by atoms with van der Waals surface area (Å²) in [7, 11) is 0. The van der Waals surface area contributed by atoms with Crippen LogP contribution in [0.4, 0.5) is 0 Å². The Labute approximate surface area is 99.4 Å². The number of hydrogen-bond acceptors (Lipinski definition) is 2. The molecule has 1 aromatic rings. The van der Waals surface area contributed by atoms with Gasteiger partial charge in [-0.1, -0.05) is 12.8 Å². The van der Waals surface area contributed by atoms with Crippen molar-refractivity contribution in [3.8, 4) is 0 Å². The summed E-state index contributed by atoms with van der Waals surface area (Å²) >= 11 is 3.38. The SMILES string of the molecule is NC(Cc1ccc(Br)cn1)C1CCCC1. The van der Waals surface area contributed by atoms with Crippen molar-refractivity contribution < 1.29 is 0 Å². The number of hydrogen-bond donors (Lipinski definition) is 1. The second-order valence-electron chi connectivity index (χ2n) is 4.38. The van der Waals surface area contributed by atoms with Crippen LogP contribution in [0.2, 0.25) is 0 Å². The predicted octanol–water partition coefficient (Wildman–Crippen LogP) is 2.90. The van der Waals surface area contributed by atoms with E-state index in [1.54, 1.807) is 0 Å². The van der Waals surface area contributed by atoms with E-state index in [-0.39, 0.29) is 0 Å². The summed E-state index contributed by atoms with van der Waals surface area (Å²) in [6.45, 7) is 0. The Kier molecular flexibility index (Phi) is 3.76. The Morgan fingerprint density at radius 3 is 2.73 bits per heavy atom. The van der Waals surface area contributed by atoms with Gasteiger partial charge in [0.15, 0.2) is 0 Å². The Balaban J connectivity index is 1.92. The Morgan fingerprint density at radius 2 is 2.13 bits per heavy atom. The van der Waals surface area contributed by atoms with Crippen molar-refractivity contribution in [2.75, 3.05) is 0 Å². The van der Waals surface area contributed by atoms with Gasteiger partial charge >= 0.3 is 0 Å². The van der Waals surface area contributed by atoms with E-state index < -0.39 is 0 Å². The van der Waals surface area contributed by atoms with Crippen molar-refractivity contribution >= 4 is 15.9 Å². The molecule has 3 heteroatoms. The first-order chi connectivity index (χ1) is 7.25. The minimum Gasteiger partial charge on any atom is -0.327 e. The number of nitrogens with two attached hydrogens (primary N) is 1. The molecule has 2 N–H and O–H groups in total. The molecule has 0 bridgehead atoms. The lowest BCUT2D eigenvalue weighted by molar-refractivity contribution is 0.426. The maximum atomic E-state index is 6.20. The van der Waals surface area contributed by atoms with Gasteiger partial charge in [0.25, 0.3) is 0 Å². The van der Waals surface area contributed by atoms with Crippen molar-refractivity contribution in [2.24, 2.45) is 11.7 Å². The molecule has 82 valence electrons. The molecule has 1 unspecified atom stereocenters. The van der Waals surface area contributed by atoms with E-state index in [1.807, 2.05) is 12.3 Å². The highest BCUT2D eigenvalue weighted by Gasteiger charge is 2.22. The van der Waals surface area contributed by atoms with Gasteiger partial charge in [-0.2, -0.15) is 0 Å². The van der Waals surface area contributed by atoms with Gasteiger partial charge in [-0.15, -0.1) is 0 Å². The normalized spacial score (nSPS) is 19.3. The lowest BCUT2D eigenvalue weighted by Gasteiger charge is -2.18. The van der Waals surface area contributed by atoms with Crippen molar-refractivity contribution in [2.45, 2.75) is 38.1 Å². The van der Waals surface area contributed by atoms with Crippen molar-refractivity contribution in [3.63, 3.8) is 0 Å². The van der Waals surface area contributed by atoms with E-state index >= 15 is 0 Å². The van der Waals surface area contributed by atoms with Crippen LogP contribution in [-0.2, 0) is 6.42 Å². The van der Waals surface area contributed by atoms with E-state index in [1.165, 1.54) is 25.7 Å². The van der Waals surface area contributed by atoms with Gasteiger partial charge < -0.3 is 5.73 Å². The van der Waals surface area contributed by atoms with E-state index in [2.05, 4.69) is 27.0 Å². The number of nitrogens with zero attached hydrogens (tertiary/aromatic N) is 1. The first-order valence-corrected chi connectivity index (χ1v) is 6.41. The predicted molar refractivity (Wildman–Crippen MR) is 65.6 cm³/mol. The summed E-state index contributed by atoms with van der Waals surface area (Å²) < 4.78 is 1.03. The summed E-state index contributed by atoms with van der Waals surface area (Å²) in [5.74, 6) is 0.718. The first kappa shape index (κ1) is 11.1. The third kappa shape index (κ3) is 3.02. The zero-order chi connectivity index (χ0) is 10.7. The summed E-state index contributed by atoms with van der Waals surface area (Å²) in [5.41, 5.74) is 7.31. The van der Waals surface area contributed by atoms with Gasteiger partial charge in [0.1, 0.15) is 0 Å². The summed E-state index contributed by atoms with van der Waals surface area (Å²) in [6, 6.07) is 4.38. The maximum Gasteiger partial charge on any atom is 0.0420 e. The second-order valence-corrected chi connectivity index (χ2v) is 5.30. The van der Waals surface area contributed by atoms with Crippen LogP contribution < -0.4 is 5.73 Å². The van der Waals surface area contributed by atoms with Gasteiger partial charge in [0.2, 0.25) is 0 Å². The topological polar surface area (TPSA) is 38.9 Å². The molecule has 0 saturated heterocycles. The molecule has 1 aliphatic carbocycles. The highest BCUT2D eigenvalue weighted by Crippen LogP contribution is 2.28. The molecule has 15 heavy (non-hydrogen) atoms. The smallest absolute Gasteiger partial charge is 0.0420 e. The highest BCUT2D eigenvalue weighted by molar-refractivity contribution is 9.10. The molecule has 1 aromatic heterocycles. The third-order valence-electron chi connectivity index (χ3n) is 3.24. The van der Waals surface area contributed by atoms with Crippen molar-refractivity contribution in [1.82, 2.24) is 4.98 Å². The van der Waals surface area contributed by atoms with Gasteiger partial charge in [-0.05, 0) is 46.8 Å². The molecule has 0 radical (unpaired) electrons. The molecule has 2 rings (SSSR count). The monoisotopic (exact) mass is 268 g/mol. The quantitative estimate of drug-likeness (QED) is 0.916. The van der Waals surface area contributed by atoms with Crippen LogP contribution in [0.15, 0.2) is 22.8 Å². The van der Waals surface area contributed by atoms with Crippen LogP contribution in [0, 0.1) is 5.92 Å². The van der Waals surface area contributed by atoms with Crippen LogP contribution in [0.3, 0.4) is 0 Å². The van der Waals surface area contributed by atoms with E-state index in [0.29, 0.717) is 6.04 Å². The molecule has 0 amide bonds. The van der Waals surface area contributed by atoms with Crippen LogP contribution in [0.5, 0.6) is 0 Å². The van der Waals surface area contributed by atoms with E-state index in [4.69, 9.17) is 5.73 Å². The molecule has 2 nitrogen and oxygen atoms in total. The second kappa shape index (κ2) is 5.08. The Morgan fingerprint density at radius 1 is 1.40 bits per heavy atom. The standard InChI is InChI=1S/C12H17BrN2/c13-10-5-6-11(15-8-10)7-12(14)9-3-1-2-4-9/h5-6,8-9,12H,1-4,7,14H2. The van der Waals surface area contributed by atoms with Crippen LogP contribution in [-0.4, -0.2) is 11.0 Å². The molecular formula is C12H17BrN2. The first-order valence-electron chi connectivity index (χ1n) is 5.62. The number of rotatable bonds is 3. The van der Waals surface area contributed by atoms with Gasteiger partial charge in [-0.3, -0.25) is 4.98 Å². The zero-order valence-corrected chi connectivity index (χ0v) is 10.4. The van der Waals surface area contributed by atoms with Crippen LogP contribution in [0.25, 0.3) is 0 Å². The molecule has 1 atom stereocenters. The van der Waals surface area contributed by atoms with E-state index in [9.17, 15) is 0 Å². The fraction of sp³-hybridized carbons (Fsp3) is 0.583. The van der Waals surface area contributed by atoms with Gasteiger partial charge in [0, 0.05) is 28.8 Å². The fourth-order valence-electron chi connectivity index (χ4n) is 2.32. The van der Waals surface area contributed by atoms with Crippen molar-refractivity contribution in [3.05, 3.63) is 28.5 Å². The average Bonchev–Trinajstić information content (AvgIpc) is 2.74. The molecule has 1 aliphatic rings. The number of pyridine rings is 1. The molecular weight excluding hydrogens is 252 g/mol. The third-order valence-corrected chi connectivity index (χ3v) is 3.71. The number of halogens is 1. The molecule has 1 fully saturated rings. The summed E-state index contributed by atoms with van der Waals surface area (Å²) in [6.07, 6.45) is 8.07. The zero-order valence-electron chi connectivity index (χ0n) is 8.82. The van der Waals surface area contributed by atoms with Crippen LogP contribution in [0.1, 0.15) is 31.4 Å². The molecule has 0 aromatic carbocycles. The lowest BCUT2D eigenvalue weighted by atomic mass is 9.95. The summed E-state index contributed by atoms with van der Waals surface area (Å²) in [5, 5.41) is 0. The summed E-state index contributed by atoms with van der Waals surface area (Å²) in [4.78, 5) is 4.36. The van der Waals surface area contributed by atoms with Gasteiger partial charge in [0.05, 0.1) is 0 Å². The average molecular weight is 269 g/mol. The Hall–Kier alpha value is -0.410. The minimum absolute atomic E-state index is 0.293. The van der Waals surface area contributed by atoms with Gasteiger partial charge in [-0.25, -0.2) is 0 Å². The minimum atomic E-state index is 0.293. The maximum absolute atomic E-state index is 6.20. The molecule has 1 heterocycles. The number of aromatic nitrogens is 1. The molecule has 1 saturated carbocycles. The fourth-order valence-corrected chi connectivity index (χ4v) is 2.56. The lowest BCUT2D eigenvalue weighted by Crippen LogP contribution is -2.30. The Bertz CT molecular complexity index is 304. The molecule has 0 spiro atoms. The van der Waals surface area contributed by atoms with Crippen LogP contribution >= 0.6 is 15.9 Å². The largest absolute Gasteiger partial charge is 0.327 e. The highest BCUT2D eigenvalue weighted by atomic mass is 79.9.